The predicted molar refractivity (Wildman–Crippen MR) is 113 cm³/mol. The Morgan fingerprint density at radius 1 is 1.33 bits per heavy atom. The second-order valence-corrected chi connectivity index (χ2v) is 8.31. The smallest absolute Gasteiger partial charge is 0.386 e. The third-order valence-electron chi connectivity index (χ3n) is 3.59. The van der Waals surface area contributed by atoms with E-state index in [4.69, 9.17) is 5.11 Å². The highest BCUT2D eigenvalue weighted by Crippen LogP contribution is 2.18. The average molecular weight is 514 g/mol. The summed E-state index contributed by atoms with van der Waals surface area (Å²) in [5.74, 6) is -1.72. The SMILES string of the molecule is CC(F)(F)F.O=C(CCc1ccc(C(=O)NC[C@H](N=S(=O)=O)C(=O)O)s1)NC1=NCCCN1. The third-order valence-corrected chi connectivity index (χ3v) is 5.16. The van der Waals surface area contributed by atoms with Crippen LogP contribution in [-0.4, -0.2) is 69.1 Å². The van der Waals surface area contributed by atoms with Gasteiger partial charge in [-0.25, -0.2) is 4.79 Å². The van der Waals surface area contributed by atoms with Gasteiger partial charge in [0.15, 0.2) is 12.0 Å². The fourth-order valence-corrected chi connectivity index (χ4v) is 3.53. The largest absolute Gasteiger partial charge is 0.480 e. The Labute approximate surface area is 192 Å². The maximum atomic E-state index is 12.1. The second kappa shape index (κ2) is 13.5. The van der Waals surface area contributed by atoms with Gasteiger partial charge in [0.25, 0.3) is 5.91 Å². The highest BCUT2D eigenvalue weighted by atomic mass is 32.2. The van der Waals surface area contributed by atoms with Gasteiger partial charge in [0.1, 0.15) is 0 Å². The van der Waals surface area contributed by atoms with Crippen LogP contribution in [0.2, 0.25) is 0 Å². The summed E-state index contributed by atoms with van der Waals surface area (Å²) >= 11 is 1.17. The fraction of sp³-hybridized carbons (Fsp3) is 0.529. The van der Waals surface area contributed by atoms with E-state index in [9.17, 15) is 36.0 Å². The monoisotopic (exact) mass is 513 g/mol. The number of aliphatic imine (C=N–C) groups is 1. The summed E-state index contributed by atoms with van der Waals surface area (Å²) in [6.07, 6.45) is -2.42. The van der Waals surface area contributed by atoms with Gasteiger partial charge in [0, 0.05) is 31.3 Å². The molecule has 0 bridgehead atoms. The lowest BCUT2D eigenvalue weighted by Gasteiger charge is -2.14. The molecule has 0 aliphatic carbocycles. The number of carboxylic acid groups (broad SMARTS) is 1. The second-order valence-electron chi connectivity index (χ2n) is 6.49. The molecule has 0 spiro atoms. The van der Waals surface area contributed by atoms with Crippen molar-refractivity contribution < 1.29 is 41.1 Å². The number of amides is 2. The zero-order valence-electron chi connectivity index (χ0n) is 17.3. The number of nitrogens with zero attached hydrogens (tertiary/aromatic N) is 2. The molecular formula is C17H22F3N5O6S2. The minimum absolute atomic E-state index is 0.188. The van der Waals surface area contributed by atoms with Crippen molar-refractivity contribution in [2.45, 2.75) is 38.4 Å². The Bertz CT molecular complexity index is 993. The zero-order chi connectivity index (χ0) is 25.0. The van der Waals surface area contributed by atoms with E-state index in [0.717, 1.165) is 17.8 Å². The molecule has 0 unspecified atom stereocenters. The van der Waals surface area contributed by atoms with Crippen molar-refractivity contribution in [3.05, 3.63) is 21.9 Å². The maximum absolute atomic E-state index is 12.1. The number of guanidine groups is 1. The number of halogens is 3. The van der Waals surface area contributed by atoms with E-state index in [1.807, 2.05) is 0 Å². The van der Waals surface area contributed by atoms with Gasteiger partial charge in [-0.05, 0) is 25.0 Å². The van der Waals surface area contributed by atoms with Crippen LogP contribution in [0.1, 0.15) is 34.3 Å². The van der Waals surface area contributed by atoms with Crippen LogP contribution in [0.5, 0.6) is 0 Å². The molecule has 0 saturated carbocycles. The molecular weight excluding hydrogens is 491 g/mol. The van der Waals surface area contributed by atoms with Crippen LogP contribution in [0.15, 0.2) is 21.5 Å². The summed E-state index contributed by atoms with van der Waals surface area (Å²) in [4.78, 5) is 40.2. The fourth-order valence-electron chi connectivity index (χ4n) is 2.23. The highest BCUT2D eigenvalue weighted by Gasteiger charge is 2.19. The first-order chi connectivity index (χ1) is 15.3. The minimum atomic E-state index is -4.00. The Hall–Kier alpha value is -3.01. The molecule has 1 atom stereocenters. The van der Waals surface area contributed by atoms with Crippen molar-refractivity contribution in [2.75, 3.05) is 19.6 Å². The molecule has 0 radical (unpaired) electrons. The van der Waals surface area contributed by atoms with Crippen molar-refractivity contribution in [1.29, 1.82) is 0 Å². The number of nitrogens with one attached hydrogen (secondary N) is 3. The number of thiophene rings is 1. The normalized spacial score (nSPS) is 13.9. The Balaban J connectivity index is 0.000000981. The quantitative estimate of drug-likeness (QED) is 0.402. The summed E-state index contributed by atoms with van der Waals surface area (Å²) < 4.78 is 55.1. The molecule has 2 rings (SSSR count). The van der Waals surface area contributed by atoms with E-state index in [-0.39, 0.29) is 19.3 Å². The number of rotatable bonds is 8. The number of carbonyl (C=O) groups excluding carboxylic acids is 2. The zero-order valence-corrected chi connectivity index (χ0v) is 18.9. The molecule has 184 valence electrons. The van der Waals surface area contributed by atoms with E-state index in [1.165, 1.54) is 11.3 Å². The number of alkyl halides is 3. The van der Waals surface area contributed by atoms with Gasteiger partial charge in [-0.15, -0.1) is 11.3 Å². The van der Waals surface area contributed by atoms with E-state index in [1.54, 1.807) is 12.1 Å². The van der Waals surface area contributed by atoms with Crippen LogP contribution in [0.3, 0.4) is 0 Å². The molecule has 2 amide bonds. The maximum Gasteiger partial charge on any atom is 0.386 e. The van der Waals surface area contributed by atoms with Gasteiger partial charge in [-0.2, -0.15) is 26.0 Å². The highest BCUT2D eigenvalue weighted by molar-refractivity contribution is 7.61. The van der Waals surface area contributed by atoms with Crippen molar-refractivity contribution in [2.24, 2.45) is 9.36 Å². The summed E-state index contributed by atoms with van der Waals surface area (Å²) in [5, 5.41) is 16.9. The Kier molecular flexibility index (Phi) is 11.5. The predicted octanol–water partition coefficient (Wildman–Crippen LogP) is 0.960. The van der Waals surface area contributed by atoms with Crippen LogP contribution < -0.4 is 16.0 Å². The van der Waals surface area contributed by atoms with Crippen molar-refractivity contribution >= 4 is 45.6 Å². The average Bonchev–Trinajstić information content (AvgIpc) is 3.17. The summed E-state index contributed by atoms with van der Waals surface area (Å²) in [7, 11) is -2.89. The molecule has 1 aliphatic rings. The number of carbonyl (C=O) groups is 3. The first-order valence-electron chi connectivity index (χ1n) is 9.40. The van der Waals surface area contributed by atoms with Gasteiger partial charge >= 0.3 is 22.6 Å². The summed E-state index contributed by atoms with van der Waals surface area (Å²) in [5.41, 5.74) is 0. The standard InChI is InChI=1S/C15H19N5O6S2.C2H3F3/c21-12(19-15-16-6-1-7-17-15)5-3-9-2-4-11(27-9)13(22)18-8-10(14(23)24)20-28(25)26;1-2(3,4)5/h2,4,10H,1,3,5-8H2,(H,18,22)(H,23,24)(H2,16,17,19,21);1H3/t10-;/m0./s1. The molecule has 2 heterocycles. The molecule has 4 N–H and O–H groups in total. The minimum Gasteiger partial charge on any atom is -0.480 e. The van der Waals surface area contributed by atoms with E-state index >= 15 is 0 Å². The topological polar surface area (TPSA) is 166 Å². The van der Waals surface area contributed by atoms with Gasteiger partial charge in [-0.1, -0.05) is 0 Å². The lowest BCUT2D eigenvalue weighted by Crippen LogP contribution is -2.43. The molecule has 1 aromatic heterocycles. The van der Waals surface area contributed by atoms with Crippen molar-refractivity contribution in [1.82, 2.24) is 16.0 Å². The summed E-state index contributed by atoms with van der Waals surface area (Å²) in [6, 6.07) is 1.68. The van der Waals surface area contributed by atoms with Gasteiger partial charge < -0.3 is 15.7 Å². The van der Waals surface area contributed by atoms with E-state index in [0.29, 0.717) is 23.8 Å². The molecule has 1 aromatic rings. The van der Waals surface area contributed by atoms with Gasteiger partial charge in [-0.3, -0.25) is 19.9 Å². The molecule has 11 nitrogen and oxygen atoms in total. The Morgan fingerprint density at radius 3 is 2.55 bits per heavy atom. The number of aryl methyl sites for hydroxylation is 1. The van der Waals surface area contributed by atoms with E-state index in [2.05, 4.69) is 25.3 Å². The van der Waals surface area contributed by atoms with Crippen molar-refractivity contribution in [3.8, 4) is 0 Å². The number of aliphatic carboxylic acids is 1. The number of hydrogen-bond donors (Lipinski definition) is 4. The van der Waals surface area contributed by atoms with Crippen LogP contribution >= 0.6 is 11.3 Å². The first kappa shape index (κ1) is 28.0. The molecule has 16 heteroatoms. The molecule has 33 heavy (non-hydrogen) atoms. The first-order valence-corrected chi connectivity index (χ1v) is 11.2. The number of hydrogen-bond acceptors (Lipinski definition) is 9. The molecule has 0 aromatic carbocycles. The molecule has 1 aliphatic heterocycles. The van der Waals surface area contributed by atoms with E-state index < -0.39 is 41.1 Å². The number of carboxylic acids is 1. The van der Waals surface area contributed by atoms with Gasteiger partial charge in [0.05, 0.1) is 11.4 Å². The summed E-state index contributed by atoms with van der Waals surface area (Å²) in [6.45, 7) is 1.18. The molecule has 0 fully saturated rings. The third kappa shape index (κ3) is 13.2. The van der Waals surface area contributed by atoms with Crippen LogP contribution in [-0.2, 0) is 26.5 Å². The van der Waals surface area contributed by atoms with Crippen LogP contribution in [0, 0.1) is 0 Å². The molecule has 0 saturated heterocycles. The van der Waals surface area contributed by atoms with Gasteiger partial charge in [0.2, 0.25) is 5.91 Å². The van der Waals surface area contributed by atoms with Crippen LogP contribution in [0.25, 0.3) is 0 Å². The van der Waals surface area contributed by atoms with Crippen molar-refractivity contribution in [3.63, 3.8) is 0 Å². The Morgan fingerprint density at radius 2 is 2.00 bits per heavy atom. The lowest BCUT2D eigenvalue weighted by atomic mass is 10.2. The van der Waals surface area contributed by atoms with Crippen LogP contribution in [0.4, 0.5) is 13.2 Å². The lowest BCUT2D eigenvalue weighted by molar-refractivity contribution is -0.138.